The van der Waals surface area contributed by atoms with E-state index in [9.17, 15) is 18.4 Å². The predicted molar refractivity (Wildman–Crippen MR) is 158 cm³/mol. The SMILES string of the molecule is Cc1cc(C)nc(SCC(=O)N(Cc2ccc(F)cc2)C(C(=O)Nc2ccc(N(C)C)cc2)c2ccc(F)cc2)n1. The zero-order valence-electron chi connectivity index (χ0n) is 23.3. The van der Waals surface area contributed by atoms with Crippen LogP contribution in [0, 0.1) is 25.5 Å². The molecule has 0 spiro atoms. The number of benzene rings is 3. The summed E-state index contributed by atoms with van der Waals surface area (Å²) in [6.07, 6.45) is 0. The molecule has 1 atom stereocenters. The number of rotatable bonds is 10. The molecule has 0 saturated carbocycles. The Morgan fingerprint density at radius 1 is 0.854 bits per heavy atom. The van der Waals surface area contributed by atoms with Gasteiger partial charge in [0.2, 0.25) is 5.91 Å². The lowest BCUT2D eigenvalue weighted by molar-refractivity contribution is -0.137. The van der Waals surface area contributed by atoms with E-state index in [4.69, 9.17) is 0 Å². The summed E-state index contributed by atoms with van der Waals surface area (Å²) in [5.74, 6) is -1.77. The van der Waals surface area contributed by atoms with Gasteiger partial charge in [-0.2, -0.15) is 0 Å². The number of carbonyl (C=O) groups excluding carboxylic acids is 2. The van der Waals surface area contributed by atoms with Crippen LogP contribution in [0.4, 0.5) is 20.2 Å². The van der Waals surface area contributed by atoms with Gasteiger partial charge >= 0.3 is 0 Å². The van der Waals surface area contributed by atoms with Gasteiger partial charge in [-0.25, -0.2) is 18.7 Å². The van der Waals surface area contributed by atoms with Crippen LogP contribution in [0.5, 0.6) is 0 Å². The van der Waals surface area contributed by atoms with Gasteiger partial charge in [-0.1, -0.05) is 36.0 Å². The molecular formula is C31H31F2N5O2S. The van der Waals surface area contributed by atoms with Crippen molar-refractivity contribution in [3.05, 3.63) is 113 Å². The fourth-order valence-electron chi connectivity index (χ4n) is 4.25. The number of aryl methyl sites for hydroxylation is 2. The van der Waals surface area contributed by atoms with Gasteiger partial charge < -0.3 is 15.1 Å². The van der Waals surface area contributed by atoms with E-state index in [1.165, 1.54) is 41.3 Å². The van der Waals surface area contributed by atoms with E-state index in [0.717, 1.165) is 28.8 Å². The maximum atomic E-state index is 13.9. The van der Waals surface area contributed by atoms with Gasteiger partial charge in [-0.05, 0) is 79.6 Å². The van der Waals surface area contributed by atoms with Crippen molar-refractivity contribution < 1.29 is 18.4 Å². The number of carbonyl (C=O) groups is 2. The molecule has 0 fully saturated rings. The minimum absolute atomic E-state index is 0.0163. The molecule has 1 heterocycles. The van der Waals surface area contributed by atoms with Crippen molar-refractivity contribution in [1.82, 2.24) is 14.9 Å². The number of halogens is 2. The van der Waals surface area contributed by atoms with Gasteiger partial charge in [-0.3, -0.25) is 9.59 Å². The molecule has 2 amide bonds. The highest BCUT2D eigenvalue weighted by atomic mass is 32.2. The molecule has 1 unspecified atom stereocenters. The lowest BCUT2D eigenvalue weighted by Gasteiger charge is -2.31. The number of nitrogens with zero attached hydrogens (tertiary/aromatic N) is 4. The van der Waals surface area contributed by atoms with Crippen molar-refractivity contribution in [3.63, 3.8) is 0 Å². The molecule has 0 aliphatic carbocycles. The zero-order valence-corrected chi connectivity index (χ0v) is 24.1. The number of hydrogen-bond acceptors (Lipinski definition) is 6. The van der Waals surface area contributed by atoms with E-state index in [2.05, 4.69) is 15.3 Å². The molecule has 212 valence electrons. The standard InChI is InChI=1S/C31H31F2N5O2S/c1-20-17-21(2)35-31(34-20)41-19-28(39)38(18-22-5-9-24(32)10-6-22)29(23-7-11-25(33)12-8-23)30(40)36-26-13-15-27(16-14-26)37(3)4/h5-17,29H,18-19H2,1-4H3,(H,36,40). The maximum Gasteiger partial charge on any atom is 0.251 e. The first-order valence-corrected chi connectivity index (χ1v) is 13.9. The summed E-state index contributed by atoms with van der Waals surface area (Å²) >= 11 is 1.16. The Morgan fingerprint density at radius 2 is 1.41 bits per heavy atom. The van der Waals surface area contributed by atoms with Crippen LogP contribution in [0.2, 0.25) is 0 Å². The Hall–Kier alpha value is -4.31. The van der Waals surface area contributed by atoms with E-state index in [1.54, 1.807) is 24.3 Å². The fourth-order valence-corrected chi connectivity index (χ4v) is 5.08. The molecule has 0 aliphatic rings. The van der Waals surface area contributed by atoms with Gasteiger partial charge in [0.15, 0.2) is 5.16 Å². The summed E-state index contributed by atoms with van der Waals surface area (Å²) in [6.45, 7) is 3.71. The number of aromatic nitrogens is 2. The molecule has 41 heavy (non-hydrogen) atoms. The van der Waals surface area contributed by atoms with Gasteiger partial charge in [0.1, 0.15) is 17.7 Å². The normalized spacial score (nSPS) is 11.6. The van der Waals surface area contributed by atoms with E-state index in [0.29, 0.717) is 22.0 Å². The molecule has 1 aromatic heterocycles. The summed E-state index contributed by atoms with van der Waals surface area (Å²) in [5, 5.41) is 3.35. The minimum atomic E-state index is -1.11. The first-order valence-electron chi connectivity index (χ1n) is 12.9. The quantitative estimate of drug-likeness (QED) is 0.186. The number of nitrogens with one attached hydrogen (secondary N) is 1. The Kier molecular flexibility index (Phi) is 9.67. The van der Waals surface area contributed by atoms with E-state index < -0.39 is 23.6 Å². The van der Waals surface area contributed by atoms with Gasteiger partial charge in [0.05, 0.1) is 5.75 Å². The fraction of sp³-hybridized carbons (Fsp3) is 0.226. The third-order valence-corrected chi connectivity index (χ3v) is 7.10. The second-order valence-electron chi connectivity index (χ2n) is 9.75. The predicted octanol–water partition coefficient (Wildman–Crippen LogP) is 5.94. The summed E-state index contributed by atoms with van der Waals surface area (Å²) in [5.41, 5.74) is 4.11. The van der Waals surface area contributed by atoms with Crippen LogP contribution in [0.25, 0.3) is 0 Å². The van der Waals surface area contributed by atoms with Crippen LogP contribution in [-0.4, -0.2) is 46.5 Å². The van der Waals surface area contributed by atoms with Crippen LogP contribution in [0.1, 0.15) is 28.6 Å². The first-order chi connectivity index (χ1) is 19.6. The Morgan fingerprint density at radius 3 is 1.98 bits per heavy atom. The highest BCUT2D eigenvalue weighted by Gasteiger charge is 2.32. The summed E-state index contributed by atoms with van der Waals surface area (Å²) < 4.78 is 27.5. The van der Waals surface area contributed by atoms with Crippen molar-refractivity contribution in [2.24, 2.45) is 0 Å². The van der Waals surface area contributed by atoms with Crippen LogP contribution in [-0.2, 0) is 16.1 Å². The molecule has 3 aromatic carbocycles. The van der Waals surface area contributed by atoms with Crippen LogP contribution in [0.3, 0.4) is 0 Å². The lowest BCUT2D eigenvalue weighted by atomic mass is 10.0. The topological polar surface area (TPSA) is 78.4 Å². The Labute approximate surface area is 242 Å². The van der Waals surface area contributed by atoms with Gasteiger partial charge in [0, 0.05) is 43.4 Å². The van der Waals surface area contributed by atoms with E-state index in [1.807, 2.05) is 51.0 Å². The number of amides is 2. The molecule has 4 rings (SSSR count). The molecule has 0 radical (unpaired) electrons. The minimum Gasteiger partial charge on any atom is -0.378 e. The molecule has 0 aliphatic heterocycles. The summed E-state index contributed by atoms with van der Waals surface area (Å²) in [6, 6.07) is 19.2. The number of thioether (sulfide) groups is 1. The van der Waals surface area contributed by atoms with Gasteiger partial charge in [-0.15, -0.1) is 0 Å². The van der Waals surface area contributed by atoms with Crippen LogP contribution < -0.4 is 10.2 Å². The van der Waals surface area contributed by atoms with E-state index >= 15 is 0 Å². The Bertz CT molecular complexity index is 1480. The zero-order chi connectivity index (χ0) is 29.5. The highest BCUT2D eigenvalue weighted by Crippen LogP contribution is 2.28. The smallest absolute Gasteiger partial charge is 0.251 e. The molecular weight excluding hydrogens is 544 g/mol. The molecule has 10 heteroatoms. The van der Waals surface area contributed by atoms with Crippen molar-refractivity contribution in [3.8, 4) is 0 Å². The molecule has 1 N–H and O–H groups in total. The van der Waals surface area contributed by atoms with Crippen LogP contribution >= 0.6 is 11.8 Å². The maximum absolute atomic E-state index is 13.9. The third kappa shape index (κ3) is 8.11. The van der Waals surface area contributed by atoms with E-state index in [-0.39, 0.29) is 18.2 Å². The number of anilines is 2. The van der Waals surface area contributed by atoms with Crippen molar-refractivity contribution in [2.75, 3.05) is 30.1 Å². The molecule has 4 aromatic rings. The molecule has 0 saturated heterocycles. The van der Waals surface area contributed by atoms with Crippen LogP contribution in [0.15, 0.2) is 84.0 Å². The summed E-state index contributed by atoms with van der Waals surface area (Å²) in [4.78, 5) is 39.8. The average molecular weight is 576 g/mol. The molecule has 7 nitrogen and oxygen atoms in total. The first kappa shape index (κ1) is 29.7. The van der Waals surface area contributed by atoms with Gasteiger partial charge in [0.25, 0.3) is 5.91 Å². The van der Waals surface area contributed by atoms with Crippen molar-refractivity contribution >= 4 is 35.0 Å². The second kappa shape index (κ2) is 13.4. The summed E-state index contributed by atoms with van der Waals surface area (Å²) in [7, 11) is 3.83. The lowest BCUT2D eigenvalue weighted by Crippen LogP contribution is -2.41. The number of hydrogen-bond donors (Lipinski definition) is 1. The largest absolute Gasteiger partial charge is 0.378 e. The third-order valence-electron chi connectivity index (χ3n) is 6.27. The average Bonchev–Trinajstić information content (AvgIpc) is 2.93. The van der Waals surface area contributed by atoms with Crippen molar-refractivity contribution in [2.45, 2.75) is 31.6 Å². The molecule has 0 bridgehead atoms. The van der Waals surface area contributed by atoms with Crippen molar-refractivity contribution in [1.29, 1.82) is 0 Å². The monoisotopic (exact) mass is 575 g/mol. The Balaban J connectivity index is 1.69. The second-order valence-corrected chi connectivity index (χ2v) is 10.7. The highest BCUT2D eigenvalue weighted by molar-refractivity contribution is 7.99.